The first-order valence-corrected chi connectivity index (χ1v) is 7.20. The van der Waals surface area contributed by atoms with Gasteiger partial charge in [0.2, 0.25) is 0 Å². The Morgan fingerprint density at radius 2 is 1.96 bits per heavy atom. The van der Waals surface area contributed by atoms with E-state index in [1.165, 1.54) is 19.2 Å². The number of benzene rings is 2. The number of methoxy groups -OCH3 is 1. The minimum atomic E-state index is -0.637. The van der Waals surface area contributed by atoms with Gasteiger partial charge in [0.05, 0.1) is 18.4 Å². The van der Waals surface area contributed by atoms with Gasteiger partial charge in [-0.1, -0.05) is 18.2 Å². The van der Waals surface area contributed by atoms with Gasteiger partial charge in [-0.2, -0.15) is 0 Å². The van der Waals surface area contributed by atoms with E-state index in [1.807, 2.05) is 0 Å². The summed E-state index contributed by atoms with van der Waals surface area (Å²) in [5.41, 5.74) is 0.761. The van der Waals surface area contributed by atoms with Gasteiger partial charge in [-0.15, -0.1) is 6.58 Å². The van der Waals surface area contributed by atoms with Crippen molar-refractivity contribution in [1.29, 1.82) is 0 Å². The number of halogens is 1. The van der Waals surface area contributed by atoms with Gasteiger partial charge in [-0.05, 0) is 30.3 Å². The molecule has 124 valence electrons. The zero-order valence-corrected chi connectivity index (χ0v) is 13.1. The predicted molar refractivity (Wildman–Crippen MR) is 89.9 cm³/mol. The van der Waals surface area contributed by atoms with Crippen molar-refractivity contribution in [1.82, 2.24) is 5.32 Å². The quantitative estimate of drug-likeness (QED) is 0.801. The van der Waals surface area contributed by atoms with Crippen molar-refractivity contribution in [2.45, 2.75) is 0 Å². The van der Waals surface area contributed by atoms with Gasteiger partial charge in [0.15, 0.2) is 11.6 Å². The summed E-state index contributed by atoms with van der Waals surface area (Å²) in [6.45, 7) is 3.84. The van der Waals surface area contributed by atoms with Crippen molar-refractivity contribution in [3.8, 4) is 5.75 Å². The molecule has 0 heterocycles. The van der Waals surface area contributed by atoms with E-state index < -0.39 is 11.7 Å². The fraction of sp³-hybridized carbons (Fsp3) is 0.111. The lowest BCUT2D eigenvalue weighted by molar-refractivity contribution is 0.0959. The molecule has 0 radical (unpaired) electrons. The highest BCUT2D eigenvalue weighted by Crippen LogP contribution is 2.20. The Labute approximate surface area is 139 Å². The molecule has 0 bridgehead atoms. The van der Waals surface area contributed by atoms with Crippen LogP contribution in [0, 0.1) is 5.82 Å². The maximum Gasteiger partial charge on any atom is 0.255 e. The average Bonchev–Trinajstić information content (AvgIpc) is 2.60. The maximum atomic E-state index is 13.7. The number of anilines is 1. The highest BCUT2D eigenvalue weighted by molar-refractivity contribution is 6.09. The topological polar surface area (TPSA) is 67.4 Å². The van der Waals surface area contributed by atoms with Crippen LogP contribution in [0.1, 0.15) is 20.7 Å². The molecule has 2 rings (SSSR count). The van der Waals surface area contributed by atoms with Gasteiger partial charge in [0.25, 0.3) is 11.8 Å². The minimum absolute atomic E-state index is 0.0516. The molecule has 0 fully saturated rings. The van der Waals surface area contributed by atoms with Crippen molar-refractivity contribution in [3.63, 3.8) is 0 Å². The SMILES string of the molecule is C=CCNC(=O)c1ccccc1NC(=O)c1ccc(OC)c(F)c1. The number of hydrogen-bond donors (Lipinski definition) is 2. The van der Waals surface area contributed by atoms with Crippen LogP contribution in [0.5, 0.6) is 5.75 Å². The molecule has 24 heavy (non-hydrogen) atoms. The summed E-state index contributed by atoms with van der Waals surface area (Å²) in [6, 6.07) is 10.4. The van der Waals surface area contributed by atoms with E-state index in [4.69, 9.17) is 4.74 Å². The molecule has 0 saturated heterocycles. The molecule has 2 aromatic rings. The first-order chi connectivity index (χ1) is 11.6. The van der Waals surface area contributed by atoms with Crippen LogP contribution in [0.25, 0.3) is 0 Å². The molecule has 2 amide bonds. The Morgan fingerprint density at radius 1 is 1.21 bits per heavy atom. The third-order valence-electron chi connectivity index (χ3n) is 3.24. The second-order valence-corrected chi connectivity index (χ2v) is 4.85. The minimum Gasteiger partial charge on any atom is -0.494 e. The van der Waals surface area contributed by atoms with E-state index in [0.717, 1.165) is 6.07 Å². The zero-order chi connectivity index (χ0) is 17.5. The average molecular weight is 328 g/mol. The third kappa shape index (κ3) is 3.98. The standard InChI is InChI=1S/C18H17FN2O3/c1-3-10-20-18(23)13-6-4-5-7-15(13)21-17(22)12-8-9-16(24-2)14(19)11-12/h3-9,11H,1,10H2,2H3,(H,20,23)(H,21,22). The third-order valence-corrected chi connectivity index (χ3v) is 3.24. The molecule has 5 nitrogen and oxygen atoms in total. The Kier molecular flexibility index (Phi) is 5.68. The fourth-order valence-corrected chi connectivity index (χ4v) is 2.05. The number of para-hydroxylation sites is 1. The van der Waals surface area contributed by atoms with Gasteiger partial charge in [-0.25, -0.2) is 4.39 Å². The molecule has 0 atom stereocenters. The van der Waals surface area contributed by atoms with E-state index in [9.17, 15) is 14.0 Å². The zero-order valence-electron chi connectivity index (χ0n) is 13.1. The molecular weight excluding hydrogens is 311 g/mol. The van der Waals surface area contributed by atoms with Gasteiger partial charge in [0, 0.05) is 12.1 Å². The number of carbonyl (C=O) groups excluding carboxylic acids is 2. The van der Waals surface area contributed by atoms with E-state index in [2.05, 4.69) is 17.2 Å². The summed E-state index contributed by atoms with van der Waals surface area (Å²) in [6.07, 6.45) is 1.55. The van der Waals surface area contributed by atoms with Crippen LogP contribution in [-0.4, -0.2) is 25.5 Å². The molecule has 0 aliphatic carbocycles. The maximum absolute atomic E-state index is 13.7. The lowest BCUT2D eigenvalue weighted by atomic mass is 10.1. The van der Waals surface area contributed by atoms with Crippen LogP contribution >= 0.6 is 0 Å². The van der Waals surface area contributed by atoms with E-state index in [0.29, 0.717) is 17.8 Å². The second kappa shape index (κ2) is 7.92. The molecule has 0 spiro atoms. The molecule has 0 aliphatic heterocycles. The molecule has 2 aromatic carbocycles. The van der Waals surface area contributed by atoms with Crippen molar-refractivity contribution < 1.29 is 18.7 Å². The number of rotatable bonds is 6. The smallest absolute Gasteiger partial charge is 0.255 e. The van der Waals surface area contributed by atoms with Crippen molar-refractivity contribution in [3.05, 3.63) is 72.1 Å². The Bertz CT molecular complexity index is 775. The molecule has 0 aliphatic rings. The summed E-state index contributed by atoms with van der Waals surface area (Å²) in [5, 5.41) is 5.26. The summed E-state index contributed by atoms with van der Waals surface area (Å²) >= 11 is 0. The summed E-state index contributed by atoms with van der Waals surface area (Å²) in [4.78, 5) is 24.4. The van der Waals surface area contributed by atoms with Crippen LogP contribution in [0.2, 0.25) is 0 Å². The highest BCUT2D eigenvalue weighted by Gasteiger charge is 2.15. The van der Waals surface area contributed by atoms with Crippen molar-refractivity contribution >= 4 is 17.5 Å². The van der Waals surface area contributed by atoms with Gasteiger partial charge in [0.1, 0.15) is 0 Å². The van der Waals surface area contributed by atoms with Crippen LogP contribution in [0.4, 0.5) is 10.1 Å². The largest absolute Gasteiger partial charge is 0.494 e. The van der Waals surface area contributed by atoms with Crippen LogP contribution in [0.15, 0.2) is 55.1 Å². The Hall–Kier alpha value is -3.15. The van der Waals surface area contributed by atoms with Gasteiger partial charge >= 0.3 is 0 Å². The summed E-state index contributed by atoms with van der Waals surface area (Å²) in [7, 11) is 1.34. The molecule has 2 N–H and O–H groups in total. The fourth-order valence-electron chi connectivity index (χ4n) is 2.05. The number of hydrogen-bond acceptors (Lipinski definition) is 3. The lowest BCUT2D eigenvalue weighted by Crippen LogP contribution is -2.25. The molecule has 0 saturated carbocycles. The molecular formula is C18H17FN2O3. The molecule has 0 unspecified atom stereocenters. The number of nitrogens with one attached hydrogen (secondary N) is 2. The first kappa shape index (κ1) is 17.2. The lowest BCUT2D eigenvalue weighted by Gasteiger charge is -2.11. The monoisotopic (exact) mass is 328 g/mol. The molecule has 6 heteroatoms. The summed E-state index contributed by atoms with van der Waals surface area (Å²) < 4.78 is 18.5. The van der Waals surface area contributed by atoms with Gasteiger partial charge < -0.3 is 15.4 Å². The van der Waals surface area contributed by atoms with Crippen LogP contribution in [-0.2, 0) is 0 Å². The van der Waals surface area contributed by atoms with Crippen LogP contribution < -0.4 is 15.4 Å². The van der Waals surface area contributed by atoms with Crippen molar-refractivity contribution in [2.24, 2.45) is 0 Å². The second-order valence-electron chi connectivity index (χ2n) is 4.85. The highest BCUT2D eigenvalue weighted by atomic mass is 19.1. The Balaban J connectivity index is 2.21. The van der Waals surface area contributed by atoms with Gasteiger partial charge in [-0.3, -0.25) is 9.59 Å². The summed E-state index contributed by atoms with van der Waals surface area (Å²) in [5.74, 6) is -1.45. The number of carbonyl (C=O) groups is 2. The predicted octanol–water partition coefficient (Wildman–Crippen LogP) is 3.00. The van der Waals surface area contributed by atoms with Crippen molar-refractivity contribution in [2.75, 3.05) is 19.0 Å². The first-order valence-electron chi connectivity index (χ1n) is 7.20. The number of amides is 2. The Morgan fingerprint density at radius 3 is 2.62 bits per heavy atom. The van der Waals surface area contributed by atoms with E-state index in [-0.39, 0.29) is 17.2 Å². The normalized spacial score (nSPS) is 9.92. The van der Waals surface area contributed by atoms with E-state index >= 15 is 0 Å². The molecule has 0 aromatic heterocycles. The van der Waals surface area contributed by atoms with E-state index in [1.54, 1.807) is 30.3 Å². The van der Waals surface area contributed by atoms with Crippen LogP contribution in [0.3, 0.4) is 0 Å². The number of ether oxygens (including phenoxy) is 1.